The Hall–Kier alpha value is -2.40. The van der Waals surface area contributed by atoms with E-state index >= 15 is 0 Å². The first-order valence-corrected chi connectivity index (χ1v) is 5.77. The number of carboxylic acid groups (broad SMARTS) is 1. The number of benzene rings is 1. The van der Waals surface area contributed by atoms with E-state index in [0.717, 1.165) is 0 Å². The van der Waals surface area contributed by atoms with Gasteiger partial charge in [-0.15, -0.1) is 0 Å². The van der Waals surface area contributed by atoms with Crippen molar-refractivity contribution in [3.63, 3.8) is 0 Å². The van der Waals surface area contributed by atoms with Gasteiger partial charge in [0.05, 0.1) is 10.6 Å². The van der Waals surface area contributed by atoms with Gasteiger partial charge in [0.15, 0.2) is 0 Å². The summed E-state index contributed by atoms with van der Waals surface area (Å²) < 4.78 is 5.48. The maximum absolute atomic E-state index is 10.8. The molecule has 2 aromatic heterocycles. The maximum Gasteiger partial charge on any atom is 0.335 e. The number of oxazole rings is 1. The minimum absolute atomic E-state index is 0.209. The number of pyridine rings is 1. The monoisotopic (exact) mass is 274 g/mol. The Morgan fingerprint density at radius 2 is 2.00 bits per heavy atom. The van der Waals surface area contributed by atoms with Gasteiger partial charge in [0.25, 0.3) is 0 Å². The molecule has 0 bridgehead atoms. The lowest BCUT2D eigenvalue weighted by molar-refractivity contribution is 0.0697. The lowest BCUT2D eigenvalue weighted by atomic mass is 10.1. The third kappa shape index (κ3) is 2.15. The molecule has 0 unspecified atom stereocenters. The molecule has 0 aliphatic heterocycles. The number of halogens is 1. The number of fused-ring (bicyclic) bond motifs is 1. The fourth-order valence-corrected chi connectivity index (χ4v) is 1.83. The van der Waals surface area contributed by atoms with Crippen LogP contribution in [0.25, 0.3) is 22.7 Å². The highest BCUT2D eigenvalue weighted by Crippen LogP contribution is 2.24. The van der Waals surface area contributed by atoms with Crippen LogP contribution in [0.4, 0.5) is 0 Å². The standard InChI is InChI=1S/C13H7ClN2O3/c14-9-5-10-12(15-6-9)19-11(16-10)7-1-3-8(4-2-7)13(17)18/h1-6H,(H,17,18). The van der Waals surface area contributed by atoms with E-state index in [9.17, 15) is 4.79 Å². The van der Waals surface area contributed by atoms with Gasteiger partial charge in [-0.25, -0.2) is 14.8 Å². The number of hydrogen-bond acceptors (Lipinski definition) is 4. The van der Waals surface area contributed by atoms with Crippen molar-refractivity contribution in [2.75, 3.05) is 0 Å². The van der Waals surface area contributed by atoms with Crippen LogP contribution in [0, 0.1) is 0 Å². The lowest BCUT2D eigenvalue weighted by Crippen LogP contribution is -1.94. The molecule has 1 N–H and O–H groups in total. The summed E-state index contributed by atoms with van der Waals surface area (Å²) in [5.41, 5.74) is 1.84. The smallest absolute Gasteiger partial charge is 0.335 e. The molecular formula is C13H7ClN2O3. The van der Waals surface area contributed by atoms with E-state index in [-0.39, 0.29) is 5.56 Å². The number of carbonyl (C=O) groups is 1. The second-order valence-corrected chi connectivity index (χ2v) is 4.32. The van der Waals surface area contributed by atoms with Crippen molar-refractivity contribution in [1.82, 2.24) is 9.97 Å². The first-order valence-electron chi connectivity index (χ1n) is 5.39. The van der Waals surface area contributed by atoms with E-state index in [2.05, 4.69) is 9.97 Å². The Balaban J connectivity index is 2.06. The predicted octanol–water partition coefficient (Wildman–Crippen LogP) is 3.24. The summed E-state index contributed by atoms with van der Waals surface area (Å²) in [5.74, 6) is -0.598. The number of nitrogens with zero attached hydrogens (tertiary/aromatic N) is 2. The topological polar surface area (TPSA) is 76.2 Å². The maximum atomic E-state index is 10.8. The molecule has 0 radical (unpaired) electrons. The van der Waals surface area contributed by atoms with Crippen LogP contribution in [0.15, 0.2) is 40.9 Å². The Bertz CT molecular complexity index is 765. The largest absolute Gasteiger partial charge is 0.478 e. The molecule has 0 fully saturated rings. The highest BCUT2D eigenvalue weighted by Gasteiger charge is 2.10. The van der Waals surface area contributed by atoms with Crippen molar-refractivity contribution < 1.29 is 14.3 Å². The van der Waals surface area contributed by atoms with E-state index in [1.54, 1.807) is 18.2 Å². The number of aromatic carboxylic acids is 1. The molecule has 0 atom stereocenters. The van der Waals surface area contributed by atoms with Gasteiger partial charge in [0.1, 0.15) is 5.52 Å². The molecule has 0 aliphatic carbocycles. The highest BCUT2D eigenvalue weighted by molar-refractivity contribution is 6.30. The quantitative estimate of drug-likeness (QED) is 0.776. The van der Waals surface area contributed by atoms with E-state index in [1.807, 2.05) is 0 Å². The summed E-state index contributed by atoms with van der Waals surface area (Å²) in [7, 11) is 0. The zero-order valence-corrected chi connectivity index (χ0v) is 10.3. The van der Waals surface area contributed by atoms with Gasteiger partial charge in [-0.05, 0) is 30.3 Å². The van der Waals surface area contributed by atoms with E-state index < -0.39 is 5.97 Å². The van der Waals surface area contributed by atoms with Crippen LogP contribution in [0.5, 0.6) is 0 Å². The summed E-state index contributed by atoms with van der Waals surface area (Å²) >= 11 is 5.82. The van der Waals surface area contributed by atoms with Gasteiger partial charge in [-0.1, -0.05) is 11.6 Å². The lowest BCUT2D eigenvalue weighted by Gasteiger charge is -1.96. The van der Waals surface area contributed by atoms with Crippen molar-refractivity contribution >= 4 is 28.8 Å². The van der Waals surface area contributed by atoms with Crippen molar-refractivity contribution in [3.8, 4) is 11.5 Å². The minimum atomic E-state index is -0.974. The molecule has 0 aliphatic rings. The second kappa shape index (κ2) is 4.37. The minimum Gasteiger partial charge on any atom is -0.478 e. The molecular weight excluding hydrogens is 268 g/mol. The molecule has 19 heavy (non-hydrogen) atoms. The number of aromatic nitrogens is 2. The van der Waals surface area contributed by atoms with Crippen molar-refractivity contribution in [2.24, 2.45) is 0 Å². The van der Waals surface area contributed by atoms with E-state index in [4.69, 9.17) is 21.1 Å². The number of hydrogen-bond donors (Lipinski definition) is 1. The van der Waals surface area contributed by atoms with Gasteiger partial charge < -0.3 is 9.52 Å². The van der Waals surface area contributed by atoms with Gasteiger partial charge >= 0.3 is 5.97 Å². The molecule has 0 amide bonds. The average molecular weight is 275 g/mol. The molecule has 0 saturated heterocycles. The van der Waals surface area contributed by atoms with Crippen LogP contribution in [0.1, 0.15) is 10.4 Å². The first-order chi connectivity index (χ1) is 9.13. The molecule has 5 nitrogen and oxygen atoms in total. The number of carboxylic acids is 1. The molecule has 3 rings (SSSR count). The molecule has 0 saturated carbocycles. The summed E-state index contributed by atoms with van der Waals surface area (Å²) in [6, 6.07) is 7.91. The molecule has 94 valence electrons. The summed E-state index contributed by atoms with van der Waals surface area (Å²) in [5, 5.41) is 9.31. The van der Waals surface area contributed by atoms with Gasteiger partial charge in [-0.2, -0.15) is 0 Å². The summed E-state index contributed by atoms with van der Waals surface area (Å²) in [6.45, 7) is 0. The van der Waals surface area contributed by atoms with Crippen LogP contribution in [-0.2, 0) is 0 Å². The van der Waals surface area contributed by atoms with E-state index in [0.29, 0.717) is 27.7 Å². The van der Waals surface area contributed by atoms with Gasteiger partial charge in [0.2, 0.25) is 11.6 Å². The second-order valence-electron chi connectivity index (χ2n) is 3.88. The Kier molecular flexibility index (Phi) is 2.68. The Labute approximate surface area is 112 Å². The zero-order chi connectivity index (χ0) is 13.4. The third-order valence-corrected chi connectivity index (χ3v) is 2.80. The van der Waals surface area contributed by atoms with Crippen LogP contribution >= 0.6 is 11.6 Å². The molecule has 6 heteroatoms. The normalized spacial score (nSPS) is 10.8. The van der Waals surface area contributed by atoms with E-state index in [1.165, 1.54) is 18.3 Å². The third-order valence-electron chi connectivity index (χ3n) is 2.59. The molecule has 0 spiro atoms. The zero-order valence-electron chi connectivity index (χ0n) is 9.50. The van der Waals surface area contributed by atoms with Gasteiger partial charge in [-0.3, -0.25) is 0 Å². The van der Waals surface area contributed by atoms with Crippen LogP contribution in [-0.4, -0.2) is 21.0 Å². The molecule has 1 aromatic carbocycles. The molecule has 2 heterocycles. The van der Waals surface area contributed by atoms with Crippen LogP contribution in [0.2, 0.25) is 5.02 Å². The Morgan fingerprint density at radius 3 is 2.68 bits per heavy atom. The number of rotatable bonds is 2. The predicted molar refractivity (Wildman–Crippen MR) is 69.2 cm³/mol. The molecule has 3 aromatic rings. The highest BCUT2D eigenvalue weighted by atomic mass is 35.5. The van der Waals surface area contributed by atoms with Crippen molar-refractivity contribution in [2.45, 2.75) is 0 Å². The fourth-order valence-electron chi connectivity index (χ4n) is 1.68. The van der Waals surface area contributed by atoms with Crippen LogP contribution < -0.4 is 0 Å². The summed E-state index contributed by atoms with van der Waals surface area (Å²) in [4.78, 5) is 19.0. The average Bonchev–Trinajstić information content (AvgIpc) is 2.81. The van der Waals surface area contributed by atoms with Gasteiger partial charge in [0, 0.05) is 11.8 Å². The van der Waals surface area contributed by atoms with Crippen LogP contribution in [0.3, 0.4) is 0 Å². The summed E-state index contributed by atoms with van der Waals surface area (Å²) in [6.07, 6.45) is 1.48. The Morgan fingerprint density at radius 1 is 1.26 bits per heavy atom. The SMILES string of the molecule is O=C(O)c1ccc(-c2nc3cc(Cl)cnc3o2)cc1. The van der Waals surface area contributed by atoms with Crippen molar-refractivity contribution in [1.29, 1.82) is 0 Å². The first kappa shape index (κ1) is 11.7. The van der Waals surface area contributed by atoms with Crippen molar-refractivity contribution in [3.05, 3.63) is 47.1 Å². The fraction of sp³-hybridized carbons (Fsp3) is 0.